The van der Waals surface area contributed by atoms with Gasteiger partial charge in [-0.25, -0.2) is 4.52 Å². The minimum absolute atomic E-state index is 0.0999. The molecule has 2 aromatic heterocycles. The summed E-state index contributed by atoms with van der Waals surface area (Å²) < 4.78 is 7.11. The summed E-state index contributed by atoms with van der Waals surface area (Å²) in [6, 6.07) is 7.73. The van der Waals surface area contributed by atoms with Crippen LogP contribution in [0.2, 0.25) is 0 Å². The molecule has 2 heterocycles. The first-order valence-electron chi connectivity index (χ1n) is 6.88. The van der Waals surface area contributed by atoms with Crippen molar-refractivity contribution in [3.05, 3.63) is 29.6 Å². The molecule has 0 radical (unpaired) electrons. The van der Waals surface area contributed by atoms with Crippen molar-refractivity contribution in [2.24, 2.45) is 5.92 Å². The molecule has 0 aliphatic heterocycles. The molecule has 0 spiro atoms. The van der Waals surface area contributed by atoms with Gasteiger partial charge in [-0.05, 0) is 12.1 Å². The van der Waals surface area contributed by atoms with Crippen molar-refractivity contribution in [1.82, 2.24) is 14.6 Å². The Morgan fingerprint density at radius 3 is 2.86 bits per heavy atom. The average Bonchev–Trinajstić information content (AvgIpc) is 3.06. The number of fused-ring (bicyclic) bond motifs is 1. The molecule has 1 N–H and O–H groups in total. The zero-order chi connectivity index (χ0) is 15.7. The minimum Gasteiger partial charge on any atom is -0.496 e. The molecule has 0 saturated heterocycles. The lowest BCUT2D eigenvalue weighted by Crippen LogP contribution is -2.18. The molecule has 0 aliphatic rings. The fourth-order valence-electron chi connectivity index (χ4n) is 2.03. The number of aromatic nitrogens is 3. The number of nitrogens with one attached hydrogen (secondary N) is 1. The molecule has 0 bridgehead atoms. The third kappa shape index (κ3) is 2.55. The number of rotatable bonds is 4. The number of carbonyl (C=O) groups is 1. The first-order chi connectivity index (χ1) is 10.6. The summed E-state index contributed by atoms with van der Waals surface area (Å²) in [5.74, 6) is 0.875. The fourth-order valence-corrected chi connectivity index (χ4v) is 2.85. The number of anilines is 1. The molecule has 22 heavy (non-hydrogen) atoms. The van der Waals surface area contributed by atoms with Crippen molar-refractivity contribution in [3.63, 3.8) is 0 Å². The van der Waals surface area contributed by atoms with E-state index in [1.807, 2.05) is 43.5 Å². The van der Waals surface area contributed by atoms with Gasteiger partial charge in [0, 0.05) is 16.9 Å². The van der Waals surface area contributed by atoms with E-state index in [9.17, 15) is 4.79 Å². The van der Waals surface area contributed by atoms with Crippen molar-refractivity contribution >= 4 is 28.2 Å². The number of methoxy groups -OCH3 is 1. The predicted octanol–water partition coefficient (Wildman–Crippen LogP) is 3.06. The van der Waals surface area contributed by atoms with Crippen LogP contribution in [0, 0.1) is 5.92 Å². The van der Waals surface area contributed by atoms with Crippen LogP contribution in [0.15, 0.2) is 29.6 Å². The average molecular weight is 316 g/mol. The van der Waals surface area contributed by atoms with Gasteiger partial charge in [0.15, 0.2) is 0 Å². The number of hydrogen-bond donors (Lipinski definition) is 1. The summed E-state index contributed by atoms with van der Waals surface area (Å²) in [6.07, 6.45) is 0. The van der Waals surface area contributed by atoms with Crippen LogP contribution in [-0.2, 0) is 4.79 Å². The van der Waals surface area contributed by atoms with E-state index >= 15 is 0 Å². The van der Waals surface area contributed by atoms with Crippen LogP contribution in [-0.4, -0.2) is 27.6 Å². The van der Waals surface area contributed by atoms with Crippen molar-refractivity contribution in [3.8, 4) is 17.0 Å². The summed E-state index contributed by atoms with van der Waals surface area (Å²) in [6.45, 7) is 3.65. The Morgan fingerprint density at radius 2 is 2.14 bits per heavy atom. The first kappa shape index (κ1) is 14.5. The Hall–Kier alpha value is -2.41. The topological polar surface area (TPSA) is 68.5 Å². The third-order valence-electron chi connectivity index (χ3n) is 3.22. The number of benzene rings is 1. The second-order valence-electron chi connectivity index (χ2n) is 5.09. The van der Waals surface area contributed by atoms with Crippen LogP contribution < -0.4 is 10.1 Å². The number of carbonyl (C=O) groups excluding carboxylic acids is 1. The number of nitrogens with zero attached hydrogens (tertiary/aromatic N) is 3. The van der Waals surface area contributed by atoms with Crippen LogP contribution in [0.4, 0.5) is 5.95 Å². The maximum atomic E-state index is 11.7. The SMILES string of the molecule is COc1ccccc1-c1csc2nc(NC(=O)C(C)C)nn12. The molecule has 0 aliphatic carbocycles. The van der Waals surface area contributed by atoms with Gasteiger partial charge in [0.25, 0.3) is 0 Å². The van der Waals surface area contributed by atoms with Gasteiger partial charge < -0.3 is 4.74 Å². The van der Waals surface area contributed by atoms with Gasteiger partial charge in [-0.3, -0.25) is 10.1 Å². The molecular formula is C15H16N4O2S. The van der Waals surface area contributed by atoms with Crippen LogP contribution in [0.3, 0.4) is 0 Å². The van der Waals surface area contributed by atoms with Crippen LogP contribution in [0.1, 0.15) is 13.8 Å². The molecule has 114 valence electrons. The maximum absolute atomic E-state index is 11.7. The van der Waals surface area contributed by atoms with Crippen LogP contribution >= 0.6 is 11.3 Å². The molecule has 6 nitrogen and oxygen atoms in total. The van der Waals surface area contributed by atoms with E-state index in [0.29, 0.717) is 5.95 Å². The second-order valence-corrected chi connectivity index (χ2v) is 5.93. The standard InChI is InChI=1S/C15H16N4O2S/c1-9(2)13(20)16-14-17-15-19(18-14)11(8-22-15)10-6-4-5-7-12(10)21-3/h4-9H,1-3H3,(H,16,18,20). The highest BCUT2D eigenvalue weighted by atomic mass is 32.1. The Morgan fingerprint density at radius 1 is 1.36 bits per heavy atom. The summed E-state index contributed by atoms with van der Waals surface area (Å²) in [4.78, 5) is 16.8. The third-order valence-corrected chi connectivity index (χ3v) is 4.04. The monoisotopic (exact) mass is 316 g/mol. The minimum atomic E-state index is -0.116. The van der Waals surface area contributed by atoms with Crippen LogP contribution in [0.5, 0.6) is 5.75 Å². The molecule has 3 rings (SSSR count). The molecule has 0 saturated carbocycles. The fraction of sp³-hybridized carbons (Fsp3) is 0.267. The van der Waals surface area contributed by atoms with Gasteiger partial charge in [-0.2, -0.15) is 4.98 Å². The Kier molecular flexibility index (Phi) is 3.81. The van der Waals surface area contributed by atoms with E-state index in [1.165, 1.54) is 11.3 Å². The molecule has 1 aromatic carbocycles. The largest absolute Gasteiger partial charge is 0.496 e. The molecule has 0 fully saturated rings. The highest BCUT2D eigenvalue weighted by Gasteiger charge is 2.16. The summed E-state index contributed by atoms with van der Waals surface area (Å²) in [7, 11) is 1.64. The first-order valence-corrected chi connectivity index (χ1v) is 7.76. The highest BCUT2D eigenvalue weighted by molar-refractivity contribution is 7.15. The van der Waals surface area contributed by atoms with Gasteiger partial charge >= 0.3 is 0 Å². The predicted molar refractivity (Wildman–Crippen MR) is 86.3 cm³/mol. The Labute approximate surface area is 131 Å². The molecule has 7 heteroatoms. The van der Waals surface area contributed by atoms with E-state index in [2.05, 4.69) is 15.4 Å². The Bertz CT molecular complexity index is 822. The number of hydrogen-bond acceptors (Lipinski definition) is 5. The summed E-state index contributed by atoms with van der Waals surface area (Å²) >= 11 is 1.47. The molecule has 1 amide bonds. The van der Waals surface area contributed by atoms with Gasteiger partial charge in [-0.1, -0.05) is 26.0 Å². The van der Waals surface area contributed by atoms with Gasteiger partial charge in [0.2, 0.25) is 16.8 Å². The lowest BCUT2D eigenvalue weighted by molar-refractivity contribution is -0.118. The van der Waals surface area contributed by atoms with Crippen molar-refractivity contribution in [2.75, 3.05) is 12.4 Å². The lowest BCUT2D eigenvalue weighted by Gasteiger charge is -2.06. The molecule has 0 unspecified atom stereocenters. The van der Waals surface area contributed by atoms with Crippen molar-refractivity contribution < 1.29 is 9.53 Å². The maximum Gasteiger partial charge on any atom is 0.250 e. The zero-order valence-corrected chi connectivity index (χ0v) is 13.3. The van der Waals surface area contributed by atoms with Crippen molar-refractivity contribution in [2.45, 2.75) is 13.8 Å². The number of amides is 1. The smallest absolute Gasteiger partial charge is 0.250 e. The van der Waals surface area contributed by atoms with Crippen LogP contribution in [0.25, 0.3) is 16.2 Å². The van der Waals surface area contributed by atoms with Gasteiger partial charge in [-0.15, -0.1) is 16.4 Å². The number of thiazole rings is 1. The normalized spacial score (nSPS) is 11.1. The van der Waals surface area contributed by atoms with Crippen molar-refractivity contribution in [1.29, 1.82) is 0 Å². The van der Waals surface area contributed by atoms with Gasteiger partial charge in [0.1, 0.15) is 5.75 Å². The summed E-state index contributed by atoms with van der Waals surface area (Å²) in [5, 5.41) is 9.07. The Balaban J connectivity index is 2.02. The lowest BCUT2D eigenvalue weighted by atomic mass is 10.1. The summed E-state index contributed by atoms with van der Waals surface area (Å²) in [5.41, 5.74) is 1.82. The molecule has 0 atom stereocenters. The van der Waals surface area contributed by atoms with Gasteiger partial charge in [0.05, 0.1) is 12.8 Å². The van der Waals surface area contributed by atoms with E-state index in [4.69, 9.17) is 4.74 Å². The number of para-hydroxylation sites is 1. The highest BCUT2D eigenvalue weighted by Crippen LogP contribution is 2.32. The second kappa shape index (κ2) is 5.76. The molecular weight excluding hydrogens is 300 g/mol. The van der Waals surface area contributed by atoms with E-state index < -0.39 is 0 Å². The molecule has 3 aromatic rings. The quantitative estimate of drug-likeness (QED) is 0.803. The zero-order valence-electron chi connectivity index (χ0n) is 12.5. The van der Waals surface area contributed by atoms with E-state index in [-0.39, 0.29) is 11.8 Å². The van der Waals surface area contributed by atoms with E-state index in [1.54, 1.807) is 11.6 Å². The number of ether oxygens (including phenoxy) is 1. The van der Waals surface area contributed by atoms with E-state index in [0.717, 1.165) is 22.0 Å².